The predicted molar refractivity (Wildman–Crippen MR) is 60.7 cm³/mol. The second-order valence-corrected chi connectivity index (χ2v) is 4.27. The number of rotatable bonds is 5. The Kier molecular flexibility index (Phi) is 4.49. The van der Waals surface area contributed by atoms with Crippen molar-refractivity contribution in [2.45, 2.75) is 33.2 Å². The van der Waals surface area contributed by atoms with Crippen LogP contribution in [0.2, 0.25) is 0 Å². The zero-order chi connectivity index (χ0) is 11.3. The summed E-state index contributed by atoms with van der Waals surface area (Å²) in [5.74, 6) is 1.28. The summed E-state index contributed by atoms with van der Waals surface area (Å²) >= 11 is 0. The molecule has 0 aliphatic carbocycles. The van der Waals surface area contributed by atoms with Crippen molar-refractivity contribution in [1.29, 1.82) is 0 Å². The van der Waals surface area contributed by atoms with Gasteiger partial charge in [0.2, 0.25) is 0 Å². The average molecular weight is 209 g/mol. The minimum atomic E-state index is 0.0566. The molecule has 15 heavy (non-hydrogen) atoms. The molecule has 0 amide bonds. The molecule has 0 saturated carbocycles. The highest BCUT2D eigenvalue weighted by Crippen LogP contribution is 2.10. The smallest absolute Gasteiger partial charge is 0.149 e. The third-order valence-corrected chi connectivity index (χ3v) is 2.12. The molecule has 1 unspecified atom stereocenters. The van der Waals surface area contributed by atoms with Crippen molar-refractivity contribution in [3.05, 3.63) is 17.8 Å². The highest BCUT2D eigenvalue weighted by molar-refractivity contribution is 5.36. The molecule has 0 aliphatic rings. The Bertz CT molecular complexity index is 302. The van der Waals surface area contributed by atoms with Crippen molar-refractivity contribution < 1.29 is 5.11 Å². The molecule has 4 nitrogen and oxygen atoms in total. The first kappa shape index (κ1) is 11.9. The molecule has 4 heteroatoms. The van der Waals surface area contributed by atoms with Crippen LogP contribution in [-0.4, -0.2) is 28.0 Å². The van der Waals surface area contributed by atoms with Gasteiger partial charge in [0.1, 0.15) is 5.82 Å². The van der Waals surface area contributed by atoms with Crippen LogP contribution in [0.3, 0.4) is 0 Å². The van der Waals surface area contributed by atoms with Crippen molar-refractivity contribution in [3.63, 3.8) is 0 Å². The van der Waals surface area contributed by atoms with E-state index in [4.69, 9.17) is 0 Å². The van der Waals surface area contributed by atoms with Gasteiger partial charge in [-0.25, -0.2) is 0 Å². The van der Waals surface area contributed by atoms with Gasteiger partial charge in [-0.05, 0) is 30.9 Å². The molecule has 0 bridgehead atoms. The third-order valence-electron chi connectivity index (χ3n) is 2.12. The first-order valence-electron chi connectivity index (χ1n) is 5.28. The number of anilines is 1. The van der Waals surface area contributed by atoms with Crippen LogP contribution in [0.4, 0.5) is 5.82 Å². The van der Waals surface area contributed by atoms with Gasteiger partial charge >= 0.3 is 0 Å². The molecule has 1 aromatic heterocycles. The standard InChI is InChI=1S/C11H19N3O/c1-8(2)4-10(7-15)13-11-5-9(3)6-12-14-11/h5-6,8,10,15H,4,7H2,1-3H3,(H,13,14). The van der Waals surface area contributed by atoms with Crippen LogP contribution in [0.5, 0.6) is 0 Å². The Balaban J connectivity index is 2.58. The van der Waals surface area contributed by atoms with E-state index in [1.807, 2.05) is 13.0 Å². The van der Waals surface area contributed by atoms with E-state index in [-0.39, 0.29) is 12.6 Å². The van der Waals surface area contributed by atoms with Crippen molar-refractivity contribution in [3.8, 4) is 0 Å². The molecule has 0 spiro atoms. The molecule has 0 fully saturated rings. The number of aryl methyl sites for hydroxylation is 1. The van der Waals surface area contributed by atoms with Crippen LogP contribution in [0.25, 0.3) is 0 Å². The lowest BCUT2D eigenvalue weighted by atomic mass is 10.0. The molecule has 2 N–H and O–H groups in total. The summed E-state index contributed by atoms with van der Waals surface area (Å²) in [7, 11) is 0. The van der Waals surface area contributed by atoms with Gasteiger partial charge in [0.25, 0.3) is 0 Å². The van der Waals surface area contributed by atoms with Gasteiger partial charge in [-0.3, -0.25) is 0 Å². The lowest BCUT2D eigenvalue weighted by molar-refractivity contribution is 0.259. The molecule has 84 valence electrons. The quantitative estimate of drug-likeness (QED) is 0.773. The topological polar surface area (TPSA) is 58.0 Å². The highest BCUT2D eigenvalue weighted by Gasteiger charge is 2.10. The summed E-state index contributed by atoms with van der Waals surface area (Å²) in [6, 6.07) is 1.98. The van der Waals surface area contributed by atoms with Crippen LogP contribution in [-0.2, 0) is 0 Å². The van der Waals surface area contributed by atoms with Gasteiger partial charge in [0.05, 0.1) is 18.8 Å². The van der Waals surface area contributed by atoms with Gasteiger partial charge in [-0.1, -0.05) is 13.8 Å². The molecule has 1 heterocycles. The summed E-state index contributed by atoms with van der Waals surface area (Å²) in [6.07, 6.45) is 2.63. The van der Waals surface area contributed by atoms with Crippen molar-refractivity contribution >= 4 is 5.82 Å². The molecular weight excluding hydrogens is 190 g/mol. The second-order valence-electron chi connectivity index (χ2n) is 4.27. The molecule has 1 rings (SSSR count). The van der Waals surface area contributed by atoms with Crippen molar-refractivity contribution in [1.82, 2.24) is 10.2 Å². The molecular formula is C11H19N3O. The molecule has 0 saturated heterocycles. The van der Waals surface area contributed by atoms with Crippen molar-refractivity contribution in [2.24, 2.45) is 5.92 Å². The lowest BCUT2D eigenvalue weighted by Crippen LogP contribution is -2.26. The number of aliphatic hydroxyl groups excluding tert-OH is 1. The lowest BCUT2D eigenvalue weighted by Gasteiger charge is -2.18. The summed E-state index contributed by atoms with van der Waals surface area (Å²) in [6.45, 7) is 6.35. The maximum absolute atomic E-state index is 9.19. The molecule has 0 aliphatic heterocycles. The minimum absolute atomic E-state index is 0.0566. The van der Waals surface area contributed by atoms with E-state index < -0.39 is 0 Å². The number of aliphatic hydroxyl groups is 1. The first-order valence-corrected chi connectivity index (χ1v) is 5.28. The largest absolute Gasteiger partial charge is 0.394 e. The van der Waals surface area contributed by atoms with Crippen molar-refractivity contribution in [2.75, 3.05) is 11.9 Å². The molecule has 0 aromatic carbocycles. The van der Waals surface area contributed by atoms with E-state index in [0.717, 1.165) is 17.8 Å². The number of hydrogen-bond donors (Lipinski definition) is 2. The predicted octanol–water partition coefficient (Wildman–Crippen LogP) is 1.60. The Morgan fingerprint density at radius 3 is 2.73 bits per heavy atom. The fourth-order valence-corrected chi connectivity index (χ4v) is 1.49. The van der Waals surface area contributed by atoms with Gasteiger partial charge in [-0.2, -0.15) is 5.10 Å². The van der Waals surface area contributed by atoms with E-state index >= 15 is 0 Å². The first-order chi connectivity index (χ1) is 7.11. The molecule has 1 atom stereocenters. The van der Waals surface area contributed by atoms with Gasteiger partial charge in [0.15, 0.2) is 0 Å². The van der Waals surface area contributed by atoms with Gasteiger partial charge in [-0.15, -0.1) is 5.10 Å². The Morgan fingerprint density at radius 1 is 1.47 bits per heavy atom. The fourth-order valence-electron chi connectivity index (χ4n) is 1.49. The van der Waals surface area contributed by atoms with E-state index in [0.29, 0.717) is 5.92 Å². The van der Waals surface area contributed by atoms with E-state index in [1.165, 1.54) is 0 Å². The second kappa shape index (κ2) is 5.66. The Labute approximate surface area is 90.7 Å². The normalized spacial score (nSPS) is 12.9. The van der Waals surface area contributed by atoms with Crippen LogP contribution in [0.1, 0.15) is 25.8 Å². The van der Waals surface area contributed by atoms with Gasteiger partial charge in [0, 0.05) is 0 Å². The van der Waals surface area contributed by atoms with Crippen LogP contribution in [0, 0.1) is 12.8 Å². The number of hydrogen-bond acceptors (Lipinski definition) is 4. The van der Waals surface area contributed by atoms with Crippen LogP contribution < -0.4 is 5.32 Å². The SMILES string of the molecule is Cc1cnnc(NC(CO)CC(C)C)c1. The Hall–Kier alpha value is -1.16. The third kappa shape index (κ3) is 4.25. The highest BCUT2D eigenvalue weighted by atomic mass is 16.3. The van der Waals surface area contributed by atoms with E-state index in [1.54, 1.807) is 6.20 Å². The average Bonchev–Trinajstić information content (AvgIpc) is 2.16. The number of nitrogens with zero attached hydrogens (tertiary/aromatic N) is 2. The minimum Gasteiger partial charge on any atom is -0.394 e. The zero-order valence-electron chi connectivity index (χ0n) is 9.57. The summed E-state index contributed by atoms with van der Waals surface area (Å²) < 4.78 is 0. The zero-order valence-corrected chi connectivity index (χ0v) is 9.57. The van der Waals surface area contributed by atoms with Crippen LogP contribution in [0.15, 0.2) is 12.3 Å². The fraction of sp³-hybridized carbons (Fsp3) is 0.636. The Morgan fingerprint density at radius 2 is 2.20 bits per heavy atom. The monoisotopic (exact) mass is 209 g/mol. The summed E-state index contributed by atoms with van der Waals surface area (Å²) in [5, 5.41) is 20.2. The van der Waals surface area contributed by atoms with Gasteiger partial charge < -0.3 is 10.4 Å². The number of aromatic nitrogens is 2. The van der Waals surface area contributed by atoms with E-state index in [2.05, 4.69) is 29.4 Å². The maximum Gasteiger partial charge on any atom is 0.149 e. The molecule has 0 radical (unpaired) electrons. The summed E-state index contributed by atoms with van der Waals surface area (Å²) in [4.78, 5) is 0. The number of nitrogens with one attached hydrogen (secondary N) is 1. The van der Waals surface area contributed by atoms with Crippen LogP contribution >= 0.6 is 0 Å². The maximum atomic E-state index is 9.19. The summed E-state index contributed by atoms with van der Waals surface area (Å²) in [5.41, 5.74) is 1.06. The molecule has 1 aromatic rings. The van der Waals surface area contributed by atoms with E-state index in [9.17, 15) is 5.11 Å².